The smallest absolute Gasteiger partial charge is 0.284 e. The van der Waals surface area contributed by atoms with Gasteiger partial charge in [0.1, 0.15) is 11.5 Å². The summed E-state index contributed by atoms with van der Waals surface area (Å²) in [5.41, 5.74) is 1.16. The van der Waals surface area contributed by atoms with Crippen LogP contribution in [0.4, 0.5) is 0 Å². The number of ether oxygens (including phenoxy) is 2. The van der Waals surface area contributed by atoms with Crippen molar-refractivity contribution in [2.75, 3.05) is 14.2 Å². The van der Waals surface area contributed by atoms with E-state index in [4.69, 9.17) is 13.9 Å². The molecule has 0 aliphatic rings. The van der Waals surface area contributed by atoms with Crippen LogP contribution < -0.4 is 9.47 Å². The summed E-state index contributed by atoms with van der Waals surface area (Å²) in [6.45, 7) is 0. The third-order valence-corrected chi connectivity index (χ3v) is 4.76. The van der Waals surface area contributed by atoms with Crippen molar-refractivity contribution in [1.82, 2.24) is 10.2 Å². The van der Waals surface area contributed by atoms with Gasteiger partial charge in [-0.2, -0.15) is 0 Å². The summed E-state index contributed by atoms with van der Waals surface area (Å²) in [7, 11) is 3.12. The molecule has 0 saturated carbocycles. The van der Waals surface area contributed by atoms with Crippen molar-refractivity contribution in [3.05, 3.63) is 52.5 Å². The summed E-state index contributed by atoms with van der Waals surface area (Å²) in [6.07, 6.45) is 0. The van der Waals surface area contributed by atoms with Crippen LogP contribution >= 0.6 is 27.7 Å². The lowest BCUT2D eigenvalue weighted by molar-refractivity contribution is 0.108. The minimum Gasteiger partial charge on any atom is -0.497 e. The van der Waals surface area contributed by atoms with E-state index < -0.39 is 0 Å². The predicted octanol–water partition coefficient (Wildman–Crippen LogP) is 4.45. The number of rotatable bonds is 5. The van der Waals surface area contributed by atoms with Crippen LogP contribution in [0.5, 0.6) is 11.5 Å². The number of hydrogen-bond acceptors (Lipinski definition) is 7. The zero-order valence-corrected chi connectivity index (χ0v) is 15.8. The van der Waals surface area contributed by atoms with E-state index in [1.54, 1.807) is 50.6 Å². The molecule has 1 aromatic heterocycles. The molecule has 0 spiro atoms. The Labute approximate surface area is 156 Å². The molecule has 128 valence electrons. The Balaban J connectivity index is 1.84. The fourth-order valence-electron chi connectivity index (χ4n) is 2.10. The van der Waals surface area contributed by atoms with E-state index in [0.717, 1.165) is 11.8 Å². The van der Waals surface area contributed by atoms with Crippen molar-refractivity contribution in [1.29, 1.82) is 0 Å². The zero-order chi connectivity index (χ0) is 17.8. The second kappa shape index (κ2) is 7.71. The Morgan fingerprint density at radius 2 is 1.92 bits per heavy atom. The first-order valence-corrected chi connectivity index (χ1v) is 8.76. The first-order chi connectivity index (χ1) is 12.1. The molecule has 0 atom stereocenters. The van der Waals surface area contributed by atoms with Crippen LogP contribution in [-0.2, 0) is 0 Å². The summed E-state index contributed by atoms with van der Waals surface area (Å²) >= 11 is 4.23. The average Bonchev–Trinajstić information content (AvgIpc) is 3.09. The molecule has 0 saturated heterocycles. The minimum atomic E-state index is -0.190. The van der Waals surface area contributed by atoms with E-state index in [9.17, 15) is 4.79 Å². The van der Waals surface area contributed by atoms with E-state index in [-0.39, 0.29) is 16.2 Å². The minimum absolute atomic E-state index is 0.161. The van der Waals surface area contributed by atoms with Crippen LogP contribution in [0.3, 0.4) is 0 Å². The van der Waals surface area contributed by atoms with E-state index in [2.05, 4.69) is 26.1 Å². The van der Waals surface area contributed by atoms with Gasteiger partial charge in [0.05, 0.1) is 19.8 Å². The molecule has 8 heteroatoms. The third-order valence-electron chi connectivity index (χ3n) is 3.32. The topological polar surface area (TPSA) is 74.5 Å². The molecular formula is C17H13BrN2O4S. The van der Waals surface area contributed by atoms with Crippen LogP contribution in [0.25, 0.3) is 11.5 Å². The molecule has 0 bridgehead atoms. The summed E-state index contributed by atoms with van der Waals surface area (Å²) in [4.78, 5) is 12.4. The zero-order valence-electron chi connectivity index (χ0n) is 13.4. The Kier molecular flexibility index (Phi) is 5.40. The third kappa shape index (κ3) is 3.85. The number of aromatic nitrogens is 2. The lowest BCUT2D eigenvalue weighted by atomic mass is 10.2. The van der Waals surface area contributed by atoms with Gasteiger partial charge in [0, 0.05) is 27.9 Å². The molecular weight excluding hydrogens is 408 g/mol. The van der Waals surface area contributed by atoms with Crippen LogP contribution in [-0.4, -0.2) is 29.5 Å². The lowest BCUT2D eigenvalue weighted by Crippen LogP contribution is -1.94. The fraction of sp³-hybridized carbons (Fsp3) is 0.118. The monoisotopic (exact) mass is 420 g/mol. The second-order valence-corrected chi connectivity index (χ2v) is 6.59. The van der Waals surface area contributed by atoms with Gasteiger partial charge in [-0.15, -0.1) is 10.2 Å². The van der Waals surface area contributed by atoms with Crippen molar-refractivity contribution in [3.63, 3.8) is 0 Å². The van der Waals surface area contributed by atoms with E-state index >= 15 is 0 Å². The Morgan fingerprint density at radius 1 is 1.12 bits per heavy atom. The molecule has 0 unspecified atom stereocenters. The van der Waals surface area contributed by atoms with Gasteiger partial charge in [0.2, 0.25) is 5.12 Å². The molecule has 25 heavy (non-hydrogen) atoms. The lowest BCUT2D eigenvalue weighted by Gasteiger charge is -2.07. The largest absolute Gasteiger partial charge is 0.497 e. The van der Waals surface area contributed by atoms with Gasteiger partial charge < -0.3 is 13.9 Å². The first kappa shape index (κ1) is 17.5. The van der Waals surface area contributed by atoms with Crippen LogP contribution in [0.15, 0.2) is 56.6 Å². The first-order valence-electron chi connectivity index (χ1n) is 7.15. The van der Waals surface area contributed by atoms with Gasteiger partial charge in [-0.1, -0.05) is 28.1 Å². The van der Waals surface area contributed by atoms with Gasteiger partial charge >= 0.3 is 0 Å². The highest BCUT2D eigenvalue weighted by molar-refractivity contribution is 9.10. The molecule has 3 aromatic rings. The average molecular weight is 421 g/mol. The number of nitrogens with zero attached hydrogens (tertiary/aromatic N) is 2. The molecule has 0 aliphatic carbocycles. The number of benzene rings is 2. The molecule has 0 N–H and O–H groups in total. The summed E-state index contributed by atoms with van der Waals surface area (Å²) in [6, 6.07) is 12.4. The van der Waals surface area contributed by atoms with Crippen LogP contribution in [0, 0.1) is 0 Å². The maximum Gasteiger partial charge on any atom is 0.284 e. The quantitative estimate of drug-likeness (QED) is 0.564. The molecule has 1 heterocycles. The van der Waals surface area contributed by atoms with Crippen LogP contribution in [0.1, 0.15) is 10.4 Å². The SMILES string of the molecule is COc1ccc(-c2nnc(SC(=O)c3ccccc3Br)o2)c(OC)c1. The highest BCUT2D eigenvalue weighted by Crippen LogP contribution is 2.34. The van der Waals surface area contributed by atoms with Gasteiger partial charge in [0.25, 0.3) is 11.1 Å². The molecule has 0 amide bonds. The van der Waals surface area contributed by atoms with Gasteiger partial charge in [-0.25, -0.2) is 0 Å². The van der Waals surface area contributed by atoms with E-state index in [0.29, 0.717) is 27.1 Å². The predicted molar refractivity (Wildman–Crippen MR) is 97.2 cm³/mol. The number of thioether (sulfide) groups is 1. The summed E-state index contributed by atoms with van der Waals surface area (Å²) < 4.78 is 16.8. The highest BCUT2D eigenvalue weighted by Gasteiger charge is 2.18. The number of carbonyl (C=O) groups excluding carboxylic acids is 1. The molecule has 3 rings (SSSR count). The number of hydrogen-bond donors (Lipinski definition) is 0. The van der Waals surface area contributed by atoms with Crippen molar-refractivity contribution >= 4 is 32.8 Å². The van der Waals surface area contributed by atoms with Gasteiger partial charge in [-0.3, -0.25) is 4.79 Å². The maximum absolute atomic E-state index is 12.4. The molecule has 0 aliphatic heterocycles. The number of methoxy groups -OCH3 is 2. The molecule has 0 radical (unpaired) electrons. The number of halogens is 1. The normalized spacial score (nSPS) is 10.5. The number of carbonyl (C=O) groups is 1. The Bertz CT molecular complexity index is 913. The fourth-order valence-corrected chi connectivity index (χ4v) is 3.34. The van der Waals surface area contributed by atoms with E-state index in [1.807, 2.05) is 6.07 Å². The molecule has 6 nitrogen and oxygen atoms in total. The van der Waals surface area contributed by atoms with Crippen molar-refractivity contribution in [2.45, 2.75) is 5.22 Å². The second-order valence-electron chi connectivity index (χ2n) is 4.81. The van der Waals surface area contributed by atoms with Gasteiger partial charge in [0.15, 0.2) is 0 Å². The molecule has 2 aromatic carbocycles. The summed E-state index contributed by atoms with van der Waals surface area (Å²) in [5.74, 6) is 1.46. The Hall–Kier alpha value is -2.32. The standard InChI is InChI=1S/C17H13BrN2O4S/c1-22-10-7-8-12(14(9-10)23-2)15-19-20-17(24-15)25-16(21)11-5-3-4-6-13(11)18/h3-9H,1-2H3. The van der Waals surface area contributed by atoms with Crippen LogP contribution in [0.2, 0.25) is 0 Å². The van der Waals surface area contributed by atoms with E-state index in [1.165, 1.54) is 0 Å². The highest BCUT2D eigenvalue weighted by atomic mass is 79.9. The maximum atomic E-state index is 12.4. The van der Waals surface area contributed by atoms with Gasteiger partial charge in [-0.05, 0) is 24.3 Å². The molecule has 0 fully saturated rings. The Morgan fingerprint density at radius 3 is 2.64 bits per heavy atom. The van der Waals surface area contributed by atoms with Crippen molar-refractivity contribution in [2.24, 2.45) is 0 Å². The van der Waals surface area contributed by atoms with Crippen molar-refractivity contribution in [3.8, 4) is 23.0 Å². The van der Waals surface area contributed by atoms with Crippen molar-refractivity contribution < 1.29 is 18.7 Å². The summed E-state index contributed by atoms with van der Waals surface area (Å²) in [5, 5.41) is 7.90.